The standard InChI is InChI=1S/C8H18O.2ClH.Ti/c1-3-5-6-7-8(9)4-2;;;/h8-9H,3-7H2,1-2H3;2*1H;/q;;;+2/p-2. The molecule has 4 heteroatoms. The fraction of sp³-hybridized carbons (Fsp3) is 1.00. The van der Waals surface area contributed by atoms with Gasteiger partial charge in [0.05, 0.1) is 6.10 Å². The second kappa shape index (κ2) is 14.8. The van der Waals surface area contributed by atoms with E-state index < -0.39 is 17.0 Å². The van der Waals surface area contributed by atoms with E-state index in [2.05, 4.69) is 6.92 Å². The van der Waals surface area contributed by atoms with Gasteiger partial charge in [-0.05, 0) is 12.8 Å². The molecule has 0 aromatic carbocycles. The predicted molar refractivity (Wildman–Crippen MR) is 52.1 cm³/mol. The third-order valence-corrected chi connectivity index (χ3v) is 1.61. The van der Waals surface area contributed by atoms with E-state index in [1.165, 1.54) is 19.3 Å². The molecule has 0 aromatic heterocycles. The molecule has 0 saturated carbocycles. The van der Waals surface area contributed by atoms with Crippen molar-refractivity contribution in [1.82, 2.24) is 0 Å². The fourth-order valence-corrected chi connectivity index (χ4v) is 0.834. The molecule has 0 rings (SSSR count). The molecule has 0 spiro atoms. The summed E-state index contributed by atoms with van der Waals surface area (Å²) in [6.07, 6.45) is 5.55. The molecule has 0 radical (unpaired) electrons. The summed E-state index contributed by atoms with van der Waals surface area (Å²) in [6, 6.07) is 0. The van der Waals surface area contributed by atoms with E-state index in [0.29, 0.717) is 0 Å². The molecule has 0 aromatic rings. The summed E-state index contributed by atoms with van der Waals surface area (Å²) in [7, 11) is 9.78. The van der Waals surface area contributed by atoms with Crippen LogP contribution in [0.4, 0.5) is 0 Å². The zero-order valence-electron chi connectivity index (χ0n) is 7.82. The zero-order valence-corrected chi connectivity index (χ0v) is 10.9. The van der Waals surface area contributed by atoms with Gasteiger partial charge >= 0.3 is 35.6 Å². The molecule has 1 atom stereocenters. The van der Waals surface area contributed by atoms with Crippen LogP contribution >= 0.6 is 18.6 Å². The molecule has 0 fully saturated rings. The molecule has 1 nitrogen and oxygen atoms in total. The average molecular weight is 249 g/mol. The van der Waals surface area contributed by atoms with Gasteiger partial charge in [0.15, 0.2) is 0 Å². The molecular weight excluding hydrogens is 231 g/mol. The van der Waals surface area contributed by atoms with Crippen LogP contribution in [0, 0.1) is 0 Å². The van der Waals surface area contributed by atoms with Crippen molar-refractivity contribution in [3.63, 3.8) is 0 Å². The quantitative estimate of drug-likeness (QED) is 0.581. The Balaban J connectivity index is 0. The Hall–Kier alpha value is 1.25. The summed E-state index contributed by atoms with van der Waals surface area (Å²) in [5, 5.41) is 9.08. The third kappa shape index (κ3) is 17.4. The number of halogens is 2. The summed E-state index contributed by atoms with van der Waals surface area (Å²) in [5.41, 5.74) is 0. The van der Waals surface area contributed by atoms with Crippen LogP contribution in [0.1, 0.15) is 46.0 Å². The van der Waals surface area contributed by atoms with E-state index in [4.69, 9.17) is 23.7 Å². The maximum absolute atomic E-state index is 9.08. The summed E-state index contributed by atoms with van der Waals surface area (Å²) in [4.78, 5) is 0. The van der Waals surface area contributed by atoms with Crippen LogP contribution in [-0.2, 0) is 17.0 Å². The number of rotatable bonds is 5. The Bertz CT molecular complexity index is 74.1. The Morgan fingerprint density at radius 2 is 1.75 bits per heavy atom. The first-order chi connectivity index (χ1) is 5.72. The van der Waals surface area contributed by atoms with Crippen LogP contribution < -0.4 is 0 Å². The van der Waals surface area contributed by atoms with Gasteiger partial charge < -0.3 is 5.11 Å². The molecular formula is C8H18Cl2OTi. The van der Waals surface area contributed by atoms with Crippen molar-refractivity contribution in [2.24, 2.45) is 0 Å². The minimum atomic E-state index is -0.556. The molecule has 0 heterocycles. The first-order valence-corrected chi connectivity index (χ1v) is 8.66. The minimum absolute atomic E-state index is 0.0449. The number of unbranched alkanes of at least 4 members (excludes halogenated alkanes) is 2. The van der Waals surface area contributed by atoms with Gasteiger partial charge in [0.1, 0.15) is 0 Å². The van der Waals surface area contributed by atoms with Gasteiger partial charge in [-0.2, -0.15) is 0 Å². The first-order valence-electron chi connectivity index (χ1n) is 4.37. The van der Waals surface area contributed by atoms with E-state index in [0.717, 1.165) is 12.8 Å². The Kier molecular flexibility index (Phi) is 19.3. The second-order valence-electron chi connectivity index (χ2n) is 2.63. The summed E-state index contributed by atoms with van der Waals surface area (Å²) >= 11 is -0.556. The molecule has 0 amide bonds. The van der Waals surface area contributed by atoms with Gasteiger partial charge in [-0.15, -0.1) is 0 Å². The first kappa shape index (κ1) is 15.7. The molecule has 0 bridgehead atoms. The van der Waals surface area contributed by atoms with Gasteiger partial charge in [0.25, 0.3) is 0 Å². The molecule has 74 valence electrons. The second-order valence-corrected chi connectivity index (χ2v) is 5.21. The number of hydrogen-bond acceptors (Lipinski definition) is 1. The van der Waals surface area contributed by atoms with Crippen LogP contribution in [0.3, 0.4) is 0 Å². The topological polar surface area (TPSA) is 20.2 Å². The Morgan fingerprint density at radius 1 is 1.25 bits per heavy atom. The number of aliphatic hydroxyl groups is 1. The molecule has 1 unspecified atom stereocenters. The predicted octanol–water partition coefficient (Wildman–Crippen LogP) is 3.71. The van der Waals surface area contributed by atoms with E-state index in [1.807, 2.05) is 6.92 Å². The number of aliphatic hydroxyl groups excluding tert-OH is 1. The molecule has 0 aliphatic rings. The summed E-state index contributed by atoms with van der Waals surface area (Å²) in [6.45, 7) is 4.20. The Labute approximate surface area is 92.5 Å². The van der Waals surface area contributed by atoms with Gasteiger partial charge in [-0.25, -0.2) is 0 Å². The molecule has 1 N–H and O–H groups in total. The van der Waals surface area contributed by atoms with Gasteiger partial charge in [-0.1, -0.05) is 33.1 Å². The fourth-order valence-electron chi connectivity index (χ4n) is 0.834. The third-order valence-electron chi connectivity index (χ3n) is 1.61. The van der Waals surface area contributed by atoms with Crippen molar-refractivity contribution in [2.75, 3.05) is 0 Å². The zero-order chi connectivity index (χ0) is 9.82. The average Bonchev–Trinajstić information content (AvgIpc) is 2.06. The summed E-state index contributed by atoms with van der Waals surface area (Å²) in [5.74, 6) is 0. The van der Waals surface area contributed by atoms with Crippen LogP contribution in [0.25, 0.3) is 0 Å². The van der Waals surface area contributed by atoms with Crippen LogP contribution in [0.2, 0.25) is 0 Å². The van der Waals surface area contributed by atoms with Crippen LogP contribution in [0.5, 0.6) is 0 Å². The van der Waals surface area contributed by atoms with Crippen LogP contribution in [-0.4, -0.2) is 11.2 Å². The van der Waals surface area contributed by atoms with Gasteiger partial charge in [0, 0.05) is 0 Å². The van der Waals surface area contributed by atoms with E-state index >= 15 is 0 Å². The molecule has 12 heavy (non-hydrogen) atoms. The Morgan fingerprint density at radius 3 is 2.08 bits per heavy atom. The van der Waals surface area contributed by atoms with Crippen molar-refractivity contribution in [3.8, 4) is 0 Å². The van der Waals surface area contributed by atoms with Crippen molar-refractivity contribution in [2.45, 2.75) is 52.1 Å². The molecule has 0 aliphatic heterocycles. The number of hydrogen-bond donors (Lipinski definition) is 1. The SMILES string of the molecule is CCCCCC(O)CC.[Cl][Ti][Cl]. The van der Waals surface area contributed by atoms with Crippen molar-refractivity contribution < 1.29 is 22.1 Å². The van der Waals surface area contributed by atoms with Gasteiger partial charge in [0.2, 0.25) is 0 Å². The normalized spacial score (nSPS) is 11.4. The monoisotopic (exact) mass is 248 g/mol. The van der Waals surface area contributed by atoms with Crippen molar-refractivity contribution in [1.29, 1.82) is 0 Å². The van der Waals surface area contributed by atoms with E-state index in [1.54, 1.807) is 0 Å². The van der Waals surface area contributed by atoms with Crippen molar-refractivity contribution >= 4 is 18.6 Å². The summed E-state index contributed by atoms with van der Waals surface area (Å²) < 4.78 is 0. The maximum atomic E-state index is 9.08. The van der Waals surface area contributed by atoms with Crippen molar-refractivity contribution in [3.05, 3.63) is 0 Å². The van der Waals surface area contributed by atoms with E-state index in [-0.39, 0.29) is 6.10 Å². The van der Waals surface area contributed by atoms with E-state index in [9.17, 15) is 0 Å². The molecule has 0 saturated heterocycles. The van der Waals surface area contributed by atoms with Gasteiger partial charge in [-0.3, -0.25) is 0 Å². The molecule has 0 aliphatic carbocycles. The van der Waals surface area contributed by atoms with Crippen LogP contribution in [0.15, 0.2) is 0 Å².